The molecule has 0 N–H and O–H groups in total. The number of aryl methyl sites for hydroxylation is 2. The van der Waals surface area contributed by atoms with E-state index in [1.54, 1.807) is 0 Å². The Hall–Kier alpha value is -5.66. The molecule has 0 saturated carbocycles. The fraction of sp³-hybridized carbons (Fsp3) is 0.143. The van der Waals surface area contributed by atoms with E-state index in [1.165, 1.54) is 97.4 Å². The van der Waals surface area contributed by atoms with Gasteiger partial charge in [-0.2, -0.15) is 0 Å². The molecule has 2 aliphatic rings. The number of hydrogen-bond donors (Lipinski definition) is 0. The topological polar surface area (TPSA) is 3.24 Å². The van der Waals surface area contributed by atoms with Gasteiger partial charge in [-0.3, -0.25) is 0 Å². The maximum absolute atomic E-state index is 2.52. The van der Waals surface area contributed by atoms with E-state index in [0.29, 0.717) is 0 Å². The average molecular weight is 644 g/mol. The Labute approximate surface area is 296 Å². The van der Waals surface area contributed by atoms with Gasteiger partial charge in [-0.1, -0.05) is 147 Å². The lowest BCUT2D eigenvalue weighted by atomic mass is 9.81. The summed E-state index contributed by atoms with van der Waals surface area (Å²) in [5.41, 5.74) is 19.3. The number of anilines is 3. The zero-order valence-corrected chi connectivity index (χ0v) is 28.9. The summed E-state index contributed by atoms with van der Waals surface area (Å²) < 4.78 is 0. The lowest BCUT2D eigenvalue weighted by molar-refractivity contribution is 0.660. The predicted octanol–water partition coefficient (Wildman–Crippen LogP) is 13.3. The lowest BCUT2D eigenvalue weighted by Crippen LogP contribution is -2.17. The Morgan fingerprint density at radius 3 is 1.76 bits per heavy atom. The highest BCUT2D eigenvalue weighted by Crippen LogP contribution is 2.54. The smallest absolute Gasteiger partial charge is 0.0543 e. The molecule has 0 bridgehead atoms. The van der Waals surface area contributed by atoms with Crippen molar-refractivity contribution in [3.8, 4) is 44.5 Å². The van der Waals surface area contributed by atoms with E-state index >= 15 is 0 Å². The molecule has 0 atom stereocenters. The third-order valence-corrected chi connectivity index (χ3v) is 11.1. The van der Waals surface area contributed by atoms with Crippen molar-refractivity contribution in [3.63, 3.8) is 0 Å². The molecule has 0 spiro atoms. The standard InChI is InChI=1S/C49H41N/c1-49(2)45-23-13-11-22-42(45)44-32-43(39-26-25-35-17-9-10-20-38(35)31-39)48(33-46(44)49)50(40-29-27-36(28-30-40)34-15-5-3-6-16-34)47-24-14-12-21-41(47)37-18-7-4-8-19-37/h3-8,11-16,18-19,21-33H,9-10,17,20H2,1-2H3. The first kappa shape index (κ1) is 30.4. The van der Waals surface area contributed by atoms with Crippen LogP contribution in [-0.4, -0.2) is 0 Å². The van der Waals surface area contributed by atoms with Crippen LogP contribution in [0.3, 0.4) is 0 Å². The molecular formula is C49H41N. The highest BCUT2D eigenvalue weighted by molar-refractivity contribution is 5.97. The number of rotatable bonds is 6. The fourth-order valence-corrected chi connectivity index (χ4v) is 8.43. The number of para-hydroxylation sites is 1. The third-order valence-electron chi connectivity index (χ3n) is 11.1. The van der Waals surface area contributed by atoms with Gasteiger partial charge in [0.05, 0.1) is 11.4 Å². The Bertz CT molecular complexity index is 2330. The summed E-state index contributed by atoms with van der Waals surface area (Å²) in [6.45, 7) is 4.77. The Morgan fingerprint density at radius 2 is 1.00 bits per heavy atom. The molecule has 7 aromatic rings. The minimum Gasteiger partial charge on any atom is -0.309 e. The number of hydrogen-bond acceptors (Lipinski definition) is 1. The molecule has 0 amide bonds. The summed E-state index contributed by atoms with van der Waals surface area (Å²) in [6.07, 6.45) is 4.88. The van der Waals surface area contributed by atoms with Gasteiger partial charge >= 0.3 is 0 Å². The van der Waals surface area contributed by atoms with Gasteiger partial charge in [0.1, 0.15) is 0 Å². The average Bonchev–Trinajstić information content (AvgIpc) is 3.41. The maximum atomic E-state index is 2.52. The van der Waals surface area contributed by atoms with E-state index in [-0.39, 0.29) is 5.41 Å². The first-order chi connectivity index (χ1) is 24.6. The third kappa shape index (κ3) is 5.17. The Balaban J connectivity index is 1.33. The van der Waals surface area contributed by atoms with E-state index in [4.69, 9.17) is 0 Å². The number of benzene rings is 7. The summed E-state index contributed by atoms with van der Waals surface area (Å²) in [5, 5.41) is 0. The Kier molecular flexibility index (Phi) is 7.50. The molecule has 2 aliphatic carbocycles. The van der Waals surface area contributed by atoms with E-state index in [1.807, 2.05) is 0 Å². The van der Waals surface area contributed by atoms with Crippen molar-refractivity contribution in [2.45, 2.75) is 44.9 Å². The molecule has 1 nitrogen and oxygen atoms in total. The van der Waals surface area contributed by atoms with Crippen LogP contribution in [0.2, 0.25) is 0 Å². The van der Waals surface area contributed by atoms with Crippen molar-refractivity contribution in [3.05, 3.63) is 186 Å². The molecule has 0 fully saturated rings. The summed E-state index contributed by atoms with van der Waals surface area (Å²) in [7, 11) is 0. The van der Waals surface area contributed by atoms with E-state index < -0.39 is 0 Å². The van der Waals surface area contributed by atoms with Crippen molar-refractivity contribution in [1.82, 2.24) is 0 Å². The second-order valence-corrected chi connectivity index (χ2v) is 14.4. The predicted molar refractivity (Wildman–Crippen MR) is 212 cm³/mol. The molecule has 0 radical (unpaired) electrons. The van der Waals surface area contributed by atoms with Crippen LogP contribution in [0.25, 0.3) is 44.5 Å². The molecule has 50 heavy (non-hydrogen) atoms. The van der Waals surface area contributed by atoms with E-state index in [0.717, 1.165) is 12.1 Å². The normalized spacial score (nSPS) is 14.0. The molecule has 0 aliphatic heterocycles. The Morgan fingerprint density at radius 1 is 0.400 bits per heavy atom. The molecule has 0 heterocycles. The van der Waals surface area contributed by atoms with Crippen LogP contribution in [0.4, 0.5) is 17.1 Å². The van der Waals surface area contributed by atoms with Crippen LogP contribution in [-0.2, 0) is 18.3 Å². The van der Waals surface area contributed by atoms with Gasteiger partial charge in [-0.15, -0.1) is 0 Å². The quantitative estimate of drug-likeness (QED) is 0.174. The second kappa shape index (κ2) is 12.3. The highest BCUT2D eigenvalue weighted by atomic mass is 15.1. The summed E-state index contributed by atoms with van der Waals surface area (Å²) in [5.74, 6) is 0. The van der Waals surface area contributed by atoms with Crippen LogP contribution in [0.15, 0.2) is 164 Å². The lowest BCUT2D eigenvalue weighted by Gasteiger charge is -2.32. The van der Waals surface area contributed by atoms with Crippen LogP contribution >= 0.6 is 0 Å². The van der Waals surface area contributed by atoms with Crippen LogP contribution in [0.1, 0.15) is 48.9 Å². The SMILES string of the molecule is CC1(C)c2ccccc2-c2cc(-c3ccc4c(c3)CCCC4)c(N(c3ccc(-c4ccccc4)cc3)c3ccccc3-c3ccccc3)cc21. The molecule has 0 unspecified atom stereocenters. The zero-order valence-electron chi connectivity index (χ0n) is 28.9. The maximum Gasteiger partial charge on any atom is 0.0543 e. The van der Waals surface area contributed by atoms with Crippen molar-refractivity contribution in [2.24, 2.45) is 0 Å². The van der Waals surface area contributed by atoms with Gasteiger partial charge in [0.25, 0.3) is 0 Å². The first-order valence-corrected chi connectivity index (χ1v) is 18.1. The van der Waals surface area contributed by atoms with Crippen LogP contribution < -0.4 is 4.90 Å². The van der Waals surface area contributed by atoms with Crippen molar-refractivity contribution < 1.29 is 0 Å². The van der Waals surface area contributed by atoms with Gasteiger partial charge in [0.2, 0.25) is 0 Å². The largest absolute Gasteiger partial charge is 0.309 e. The van der Waals surface area contributed by atoms with Gasteiger partial charge in [0, 0.05) is 22.2 Å². The summed E-state index contributed by atoms with van der Waals surface area (Å²) in [6, 6.07) is 60.8. The highest BCUT2D eigenvalue weighted by Gasteiger charge is 2.37. The number of nitrogens with zero attached hydrogens (tertiary/aromatic N) is 1. The van der Waals surface area contributed by atoms with Crippen LogP contribution in [0.5, 0.6) is 0 Å². The second-order valence-electron chi connectivity index (χ2n) is 14.4. The van der Waals surface area contributed by atoms with Gasteiger partial charge < -0.3 is 4.90 Å². The minimum atomic E-state index is -0.128. The minimum absolute atomic E-state index is 0.128. The molecule has 0 aromatic heterocycles. The molecule has 242 valence electrons. The molecular weight excluding hydrogens is 603 g/mol. The molecule has 1 heteroatoms. The monoisotopic (exact) mass is 643 g/mol. The van der Waals surface area contributed by atoms with Crippen LogP contribution in [0, 0.1) is 0 Å². The molecule has 0 saturated heterocycles. The molecule has 7 aromatic carbocycles. The summed E-state index contributed by atoms with van der Waals surface area (Å²) in [4.78, 5) is 2.52. The first-order valence-electron chi connectivity index (χ1n) is 18.1. The van der Waals surface area contributed by atoms with Crippen molar-refractivity contribution in [1.29, 1.82) is 0 Å². The zero-order chi connectivity index (χ0) is 33.7. The molecule has 9 rings (SSSR count). The number of fused-ring (bicyclic) bond motifs is 4. The van der Waals surface area contributed by atoms with Gasteiger partial charge in [-0.25, -0.2) is 0 Å². The summed E-state index contributed by atoms with van der Waals surface area (Å²) >= 11 is 0. The van der Waals surface area contributed by atoms with Gasteiger partial charge in [0.15, 0.2) is 0 Å². The van der Waals surface area contributed by atoms with Crippen molar-refractivity contribution in [2.75, 3.05) is 4.90 Å². The van der Waals surface area contributed by atoms with Crippen molar-refractivity contribution >= 4 is 17.1 Å². The van der Waals surface area contributed by atoms with E-state index in [9.17, 15) is 0 Å². The van der Waals surface area contributed by atoms with Gasteiger partial charge in [-0.05, 0) is 112 Å². The van der Waals surface area contributed by atoms with E-state index in [2.05, 4.69) is 183 Å². The fourth-order valence-electron chi connectivity index (χ4n) is 8.43.